The first-order valence-electron chi connectivity index (χ1n) is 9.06. The van der Waals surface area contributed by atoms with E-state index in [-0.39, 0.29) is 11.5 Å². The number of nitrogens with zero attached hydrogens (tertiary/aromatic N) is 1. The van der Waals surface area contributed by atoms with Crippen molar-refractivity contribution in [2.45, 2.75) is 18.4 Å². The summed E-state index contributed by atoms with van der Waals surface area (Å²) in [5.74, 6) is 0.123. The molecule has 0 radical (unpaired) electrons. The Hall–Kier alpha value is -2.17. The summed E-state index contributed by atoms with van der Waals surface area (Å²) in [5, 5.41) is 3.42. The maximum Gasteiger partial charge on any atom is 0.254 e. The van der Waals surface area contributed by atoms with E-state index >= 15 is 0 Å². The molecule has 4 heteroatoms. The summed E-state index contributed by atoms with van der Waals surface area (Å²) in [5.41, 5.74) is 2.80. The minimum Gasteiger partial charge on any atom is -0.372 e. The largest absolute Gasteiger partial charge is 0.372 e. The molecular formula is C21H24N2O2. The quantitative estimate of drug-likeness (QED) is 0.917. The van der Waals surface area contributed by atoms with Crippen LogP contribution in [0.1, 0.15) is 23.2 Å². The number of rotatable bonds is 2. The molecule has 2 saturated heterocycles. The van der Waals surface area contributed by atoms with Crippen LogP contribution in [-0.2, 0) is 4.74 Å². The molecule has 130 valence electrons. The summed E-state index contributed by atoms with van der Waals surface area (Å²) in [6.07, 6.45) is 1.80. The predicted molar refractivity (Wildman–Crippen MR) is 98.6 cm³/mol. The highest BCUT2D eigenvalue weighted by Gasteiger charge is 2.38. The molecule has 25 heavy (non-hydrogen) atoms. The van der Waals surface area contributed by atoms with E-state index in [2.05, 4.69) is 17.4 Å². The average molecular weight is 336 g/mol. The summed E-state index contributed by atoms with van der Waals surface area (Å²) in [4.78, 5) is 15.1. The first kappa shape index (κ1) is 16.3. The van der Waals surface area contributed by atoms with E-state index in [1.807, 2.05) is 47.4 Å². The minimum absolute atomic E-state index is 0.0754. The SMILES string of the molecule is O=C(c1ccccc1-c1ccccc1)N1CCC2(CC1)CNCCO2. The maximum atomic E-state index is 13.1. The summed E-state index contributed by atoms with van der Waals surface area (Å²) in [6.45, 7) is 4.10. The second-order valence-corrected chi connectivity index (χ2v) is 6.91. The lowest BCUT2D eigenvalue weighted by Crippen LogP contribution is -2.56. The zero-order chi connectivity index (χ0) is 17.1. The molecule has 0 aromatic heterocycles. The number of nitrogens with one attached hydrogen (secondary N) is 1. The van der Waals surface area contributed by atoms with Gasteiger partial charge in [-0.2, -0.15) is 0 Å². The van der Waals surface area contributed by atoms with Crippen LogP contribution in [0.25, 0.3) is 11.1 Å². The third kappa shape index (κ3) is 3.32. The van der Waals surface area contributed by atoms with Gasteiger partial charge in [-0.3, -0.25) is 4.79 Å². The van der Waals surface area contributed by atoms with Crippen LogP contribution in [0.4, 0.5) is 0 Å². The predicted octanol–water partition coefficient (Wildman–Crippen LogP) is 2.95. The third-order valence-corrected chi connectivity index (χ3v) is 5.34. The number of hydrogen-bond acceptors (Lipinski definition) is 3. The van der Waals surface area contributed by atoms with Gasteiger partial charge in [-0.1, -0.05) is 48.5 Å². The molecule has 1 N–H and O–H groups in total. The van der Waals surface area contributed by atoms with E-state index in [9.17, 15) is 4.79 Å². The zero-order valence-corrected chi connectivity index (χ0v) is 14.4. The van der Waals surface area contributed by atoms with Crippen molar-refractivity contribution in [3.8, 4) is 11.1 Å². The number of morpholine rings is 1. The normalized spacial score (nSPS) is 19.8. The van der Waals surface area contributed by atoms with Gasteiger partial charge in [0.2, 0.25) is 0 Å². The first-order chi connectivity index (χ1) is 12.3. The number of amides is 1. The molecular weight excluding hydrogens is 312 g/mol. The van der Waals surface area contributed by atoms with E-state index in [1.165, 1.54) is 0 Å². The van der Waals surface area contributed by atoms with Crippen LogP contribution in [-0.4, -0.2) is 49.2 Å². The van der Waals surface area contributed by atoms with Gasteiger partial charge in [0.25, 0.3) is 5.91 Å². The zero-order valence-electron chi connectivity index (χ0n) is 14.4. The van der Waals surface area contributed by atoms with Crippen molar-refractivity contribution in [3.63, 3.8) is 0 Å². The van der Waals surface area contributed by atoms with Crippen molar-refractivity contribution in [1.29, 1.82) is 0 Å². The van der Waals surface area contributed by atoms with Crippen molar-refractivity contribution in [2.24, 2.45) is 0 Å². The lowest BCUT2D eigenvalue weighted by molar-refractivity contribution is -0.0954. The summed E-state index contributed by atoms with van der Waals surface area (Å²) in [6, 6.07) is 18.0. The van der Waals surface area contributed by atoms with Crippen molar-refractivity contribution >= 4 is 5.91 Å². The van der Waals surface area contributed by atoms with Gasteiger partial charge in [0.15, 0.2) is 0 Å². The van der Waals surface area contributed by atoms with Gasteiger partial charge < -0.3 is 15.0 Å². The van der Waals surface area contributed by atoms with Crippen LogP contribution in [0.5, 0.6) is 0 Å². The summed E-state index contributed by atoms with van der Waals surface area (Å²) >= 11 is 0. The number of benzene rings is 2. The fourth-order valence-corrected chi connectivity index (χ4v) is 3.85. The molecule has 2 aliphatic rings. The summed E-state index contributed by atoms with van der Waals surface area (Å²) in [7, 11) is 0. The number of hydrogen-bond donors (Lipinski definition) is 1. The van der Waals surface area contributed by atoms with Crippen LogP contribution in [0.2, 0.25) is 0 Å². The van der Waals surface area contributed by atoms with Gasteiger partial charge in [-0.15, -0.1) is 0 Å². The van der Waals surface area contributed by atoms with Gasteiger partial charge in [0.1, 0.15) is 0 Å². The van der Waals surface area contributed by atoms with Crippen LogP contribution in [0.3, 0.4) is 0 Å². The van der Waals surface area contributed by atoms with E-state index in [4.69, 9.17) is 4.74 Å². The van der Waals surface area contributed by atoms with E-state index < -0.39 is 0 Å². The second kappa shape index (κ2) is 6.98. The highest BCUT2D eigenvalue weighted by Crippen LogP contribution is 2.30. The molecule has 0 saturated carbocycles. The lowest BCUT2D eigenvalue weighted by atomic mass is 9.89. The molecule has 1 spiro atoms. The third-order valence-electron chi connectivity index (χ3n) is 5.34. The molecule has 0 unspecified atom stereocenters. The number of carbonyl (C=O) groups excluding carboxylic acids is 1. The summed E-state index contributed by atoms with van der Waals surface area (Å²) < 4.78 is 6.03. The highest BCUT2D eigenvalue weighted by molar-refractivity contribution is 6.00. The number of likely N-dealkylation sites (tertiary alicyclic amines) is 1. The fourth-order valence-electron chi connectivity index (χ4n) is 3.85. The smallest absolute Gasteiger partial charge is 0.254 e. The van der Waals surface area contributed by atoms with Crippen LogP contribution < -0.4 is 5.32 Å². The minimum atomic E-state index is -0.0754. The van der Waals surface area contributed by atoms with Crippen LogP contribution in [0, 0.1) is 0 Å². The topological polar surface area (TPSA) is 41.6 Å². The van der Waals surface area contributed by atoms with E-state index in [0.29, 0.717) is 0 Å². The number of ether oxygens (including phenoxy) is 1. The Morgan fingerprint density at radius 3 is 2.44 bits per heavy atom. The van der Waals surface area contributed by atoms with Gasteiger partial charge in [0, 0.05) is 31.7 Å². The molecule has 4 rings (SSSR count). The monoisotopic (exact) mass is 336 g/mol. The maximum absolute atomic E-state index is 13.1. The fraction of sp³-hybridized carbons (Fsp3) is 0.381. The molecule has 2 heterocycles. The Kier molecular flexibility index (Phi) is 4.55. The Morgan fingerprint density at radius 1 is 1.00 bits per heavy atom. The Balaban J connectivity index is 1.53. The number of carbonyl (C=O) groups is 1. The molecule has 2 aromatic carbocycles. The molecule has 0 bridgehead atoms. The van der Waals surface area contributed by atoms with E-state index in [0.717, 1.165) is 62.3 Å². The van der Waals surface area contributed by atoms with Crippen molar-refractivity contribution < 1.29 is 9.53 Å². The second-order valence-electron chi connectivity index (χ2n) is 6.91. The molecule has 2 aliphatic heterocycles. The van der Waals surface area contributed by atoms with Gasteiger partial charge in [-0.05, 0) is 30.0 Å². The lowest BCUT2D eigenvalue weighted by Gasteiger charge is -2.44. The van der Waals surface area contributed by atoms with E-state index in [1.54, 1.807) is 0 Å². The number of piperidine rings is 1. The highest BCUT2D eigenvalue weighted by atomic mass is 16.5. The standard InChI is InChI=1S/C21H24N2O2/c24-20(23-13-10-21(11-14-23)16-22-12-15-25-21)19-9-5-4-8-18(19)17-6-2-1-3-7-17/h1-9,22H,10-16H2. The first-order valence-corrected chi connectivity index (χ1v) is 9.06. The van der Waals surface area contributed by atoms with Crippen LogP contribution >= 0.6 is 0 Å². The molecule has 0 atom stereocenters. The Labute approximate surface area is 148 Å². The molecule has 0 aliphatic carbocycles. The van der Waals surface area contributed by atoms with Crippen LogP contribution in [0.15, 0.2) is 54.6 Å². The molecule has 2 aromatic rings. The van der Waals surface area contributed by atoms with Crippen molar-refractivity contribution in [2.75, 3.05) is 32.8 Å². The van der Waals surface area contributed by atoms with Gasteiger partial charge >= 0.3 is 0 Å². The van der Waals surface area contributed by atoms with Gasteiger partial charge in [-0.25, -0.2) is 0 Å². The molecule has 4 nitrogen and oxygen atoms in total. The van der Waals surface area contributed by atoms with Crippen molar-refractivity contribution in [3.05, 3.63) is 60.2 Å². The van der Waals surface area contributed by atoms with Crippen molar-refractivity contribution in [1.82, 2.24) is 10.2 Å². The molecule has 1 amide bonds. The van der Waals surface area contributed by atoms with Gasteiger partial charge in [0.05, 0.1) is 12.2 Å². The Morgan fingerprint density at radius 2 is 1.72 bits per heavy atom. The molecule has 2 fully saturated rings. The average Bonchev–Trinajstić information content (AvgIpc) is 2.69. The Bertz CT molecular complexity index is 729.